The van der Waals surface area contributed by atoms with Crippen molar-refractivity contribution in [2.75, 3.05) is 24.6 Å². The molecule has 1 saturated heterocycles. The minimum Gasteiger partial charge on any atom is -0.394 e. The summed E-state index contributed by atoms with van der Waals surface area (Å²) in [7, 11) is 0. The quantitative estimate of drug-likeness (QED) is 0.720. The number of benzene rings is 1. The standard InChI is InChI=1S/C13H19NO3/c15-9-12(16)13(17)10-5-1-2-6-11(10)14-7-3-4-8-14/h1-2,5-6,12-13,15-17H,3-4,7-9H2. The van der Waals surface area contributed by atoms with Gasteiger partial charge in [0, 0.05) is 24.3 Å². The van der Waals surface area contributed by atoms with Gasteiger partial charge in [0.25, 0.3) is 0 Å². The molecule has 0 aliphatic carbocycles. The molecule has 1 aromatic rings. The van der Waals surface area contributed by atoms with Crippen molar-refractivity contribution in [1.29, 1.82) is 0 Å². The second-order valence-electron chi connectivity index (χ2n) is 4.45. The molecule has 3 N–H and O–H groups in total. The van der Waals surface area contributed by atoms with Crippen molar-refractivity contribution in [3.63, 3.8) is 0 Å². The third-order valence-corrected chi connectivity index (χ3v) is 3.25. The predicted octanol–water partition coefficient (Wildman–Crippen LogP) is 0.673. The lowest BCUT2D eigenvalue weighted by Gasteiger charge is -2.25. The molecule has 1 aliphatic heterocycles. The van der Waals surface area contributed by atoms with Gasteiger partial charge >= 0.3 is 0 Å². The highest BCUT2D eigenvalue weighted by atomic mass is 16.4. The van der Waals surface area contributed by atoms with Crippen molar-refractivity contribution in [3.05, 3.63) is 29.8 Å². The molecule has 0 amide bonds. The van der Waals surface area contributed by atoms with Gasteiger partial charge in [0.15, 0.2) is 0 Å². The summed E-state index contributed by atoms with van der Waals surface area (Å²) >= 11 is 0. The monoisotopic (exact) mass is 237 g/mol. The van der Waals surface area contributed by atoms with Crippen LogP contribution < -0.4 is 4.90 Å². The van der Waals surface area contributed by atoms with Crippen LogP contribution in [0.5, 0.6) is 0 Å². The maximum absolute atomic E-state index is 9.99. The summed E-state index contributed by atoms with van der Waals surface area (Å²) in [6, 6.07) is 7.52. The summed E-state index contributed by atoms with van der Waals surface area (Å²) in [5.41, 5.74) is 1.65. The molecular formula is C13H19NO3. The maximum Gasteiger partial charge on any atom is 0.109 e. The Morgan fingerprint density at radius 1 is 1.12 bits per heavy atom. The van der Waals surface area contributed by atoms with Crippen LogP contribution in [-0.2, 0) is 0 Å². The molecule has 94 valence electrons. The molecule has 4 heteroatoms. The molecule has 1 aromatic carbocycles. The topological polar surface area (TPSA) is 63.9 Å². The van der Waals surface area contributed by atoms with E-state index in [0.29, 0.717) is 5.56 Å². The van der Waals surface area contributed by atoms with E-state index in [1.165, 1.54) is 0 Å². The average Bonchev–Trinajstić information content (AvgIpc) is 2.90. The number of para-hydroxylation sites is 1. The lowest BCUT2D eigenvalue weighted by atomic mass is 10.0. The smallest absolute Gasteiger partial charge is 0.109 e. The largest absolute Gasteiger partial charge is 0.394 e. The first-order chi connectivity index (χ1) is 8.24. The summed E-state index contributed by atoms with van der Waals surface area (Å²) in [5, 5.41) is 28.4. The van der Waals surface area contributed by atoms with Gasteiger partial charge in [-0.05, 0) is 18.9 Å². The second-order valence-corrected chi connectivity index (χ2v) is 4.45. The highest BCUT2D eigenvalue weighted by Gasteiger charge is 2.23. The van der Waals surface area contributed by atoms with Crippen molar-refractivity contribution >= 4 is 5.69 Å². The number of rotatable bonds is 4. The van der Waals surface area contributed by atoms with Crippen LogP contribution in [0.15, 0.2) is 24.3 Å². The van der Waals surface area contributed by atoms with E-state index in [4.69, 9.17) is 5.11 Å². The normalized spacial score (nSPS) is 19.4. The second kappa shape index (κ2) is 5.49. The van der Waals surface area contributed by atoms with Crippen LogP contribution in [-0.4, -0.2) is 41.1 Å². The lowest BCUT2D eigenvalue weighted by Crippen LogP contribution is -2.26. The van der Waals surface area contributed by atoms with Crippen LogP contribution in [0.4, 0.5) is 5.69 Å². The third kappa shape index (κ3) is 2.60. The zero-order valence-corrected chi connectivity index (χ0v) is 9.79. The van der Waals surface area contributed by atoms with Crippen molar-refractivity contribution in [3.8, 4) is 0 Å². The molecule has 4 nitrogen and oxygen atoms in total. The molecular weight excluding hydrogens is 218 g/mol. The molecule has 1 heterocycles. The summed E-state index contributed by atoms with van der Waals surface area (Å²) < 4.78 is 0. The third-order valence-electron chi connectivity index (χ3n) is 3.25. The SMILES string of the molecule is OCC(O)C(O)c1ccccc1N1CCCC1. The highest BCUT2D eigenvalue weighted by molar-refractivity contribution is 5.55. The molecule has 2 rings (SSSR count). The first-order valence-corrected chi connectivity index (χ1v) is 6.05. The summed E-state index contributed by atoms with van der Waals surface area (Å²) in [4.78, 5) is 2.21. The predicted molar refractivity (Wildman–Crippen MR) is 65.9 cm³/mol. The molecule has 17 heavy (non-hydrogen) atoms. The van der Waals surface area contributed by atoms with E-state index < -0.39 is 18.8 Å². The van der Waals surface area contributed by atoms with E-state index >= 15 is 0 Å². The van der Waals surface area contributed by atoms with Gasteiger partial charge in [-0.3, -0.25) is 0 Å². The van der Waals surface area contributed by atoms with E-state index in [1.54, 1.807) is 6.07 Å². The van der Waals surface area contributed by atoms with Gasteiger partial charge in [-0.2, -0.15) is 0 Å². The van der Waals surface area contributed by atoms with Crippen LogP contribution in [0.2, 0.25) is 0 Å². The Morgan fingerprint density at radius 3 is 2.41 bits per heavy atom. The van der Waals surface area contributed by atoms with E-state index in [9.17, 15) is 10.2 Å². The number of anilines is 1. The van der Waals surface area contributed by atoms with Crippen LogP contribution in [0.3, 0.4) is 0 Å². The number of hydrogen-bond donors (Lipinski definition) is 3. The van der Waals surface area contributed by atoms with Crippen molar-refractivity contribution in [2.24, 2.45) is 0 Å². The van der Waals surface area contributed by atoms with Crippen LogP contribution in [0, 0.1) is 0 Å². The fourth-order valence-corrected chi connectivity index (χ4v) is 2.29. The lowest BCUT2D eigenvalue weighted by molar-refractivity contribution is -0.0150. The van der Waals surface area contributed by atoms with Crippen molar-refractivity contribution in [2.45, 2.75) is 25.0 Å². The highest BCUT2D eigenvalue weighted by Crippen LogP contribution is 2.30. The van der Waals surface area contributed by atoms with Gasteiger partial charge in [0.1, 0.15) is 12.2 Å². The van der Waals surface area contributed by atoms with Crippen LogP contribution in [0.25, 0.3) is 0 Å². The summed E-state index contributed by atoms with van der Waals surface area (Å²) in [6.45, 7) is 1.54. The molecule has 2 unspecified atom stereocenters. The Bertz CT molecular complexity index is 363. The Hall–Kier alpha value is -1.10. The van der Waals surface area contributed by atoms with E-state index in [2.05, 4.69) is 4.90 Å². The van der Waals surface area contributed by atoms with Gasteiger partial charge in [-0.15, -0.1) is 0 Å². The van der Waals surface area contributed by atoms with Gasteiger partial charge in [0.2, 0.25) is 0 Å². The Morgan fingerprint density at radius 2 is 1.76 bits per heavy atom. The number of nitrogens with zero attached hydrogens (tertiary/aromatic N) is 1. The first kappa shape index (κ1) is 12.4. The van der Waals surface area contributed by atoms with Gasteiger partial charge in [-0.25, -0.2) is 0 Å². The zero-order valence-electron chi connectivity index (χ0n) is 9.79. The fraction of sp³-hybridized carbons (Fsp3) is 0.538. The van der Waals surface area contributed by atoms with E-state index in [0.717, 1.165) is 31.6 Å². The average molecular weight is 237 g/mol. The fourth-order valence-electron chi connectivity index (χ4n) is 2.29. The molecule has 1 aliphatic rings. The van der Waals surface area contributed by atoms with Crippen LogP contribution >= 0.6 is 0 Å². The molecule has 0 spiro atoms. The van der Waals surface area contributed by atoms with Crippen LogP contribution in [0.1, 0.15) is 24.5 Å². The van der Waals surface area contributed by atoms with Gasteiger partial charge < -0.3 is 20.2 Å². The molecule has 0 bridgehead atoms. The Balaban J connectivity index is 2.26. The Labute approximate surface area is 101 Å². The first-order valence-electron chi connectivity index (χ1n) is 6.05. The maximum atomic E-state index is 9.99. The molecule has 1 fully saturated rings. The van der Waals surface area contributed by atoms with Crippen molar-refractivity contribution < 1.29 is 15.3 Å². The Kier molecular flexibility index (Phi) is 3.99. The summed E-state index contributed by atoms with van der Waals surface area (Å²) in [5.74, 6) is 0. The zero-order chi connectivity index (χ0) is 12.3. The number of aliphatic hydroxyl groups is 3. The molecule has 0 aromatic heterocycles. The minimum absolute atomic E-state index is 0.435. The number of aliphatic hydroxyl groups excluding tert-OH is 3. The van der Waals surface area contributed by atoms with E-state index in [1.807, 2.05) is 18.2 Å². The van der Waals surface area contributed by atoms with E-state index in [-0.39, 0.29) is 0 Å². The number of hydrogen-bond acceptors (Lipinski definition) is 4. The van der Waals surface area contributed by atoms with Gasteiger partial charge in [0.05, 0.1) is 6.61 Å². The molecule has 0 saturated carbocycles. The minimum atomic E-state index is -1.13. The van der Waals surface area contributed by atoms with Gasteiger partial charge in [-0.1, -0.05) is 18.2 Å². The van der Waals surface area contributed by atoms with Crippen molar-refractivity contribution in [1.82, 2.24) is 0 Å². The summed E-state index contributed by atoms with van der Waals surface area (Å²) in [6.07, 6.45) is 0.163. The molecule has 2 atom stereocenters. The molecule has 0 radical (unpaired) electrons.